The summed E-state index contributed by atoms with van der Waals surface area (Å²) in [5, 5.41) is 5.85. The summed E-state index contributed by atoms with van der Waals surface area (Å²) in [5.74, 6) is 1.62. The topological polar surface area (TPSA) is 69.5 Å². The lowest BCUT2D eigenvalue weighted by Gasteiger charge is -2.24. The fourth-order valence-electron chi connectivity index (χ4n) is 4.32. The predicted molar refractivity (Wildman–Crippen MR) is 158 cm³/mol. The molecule has 0 aliphatic rings. The highest BCUT2D eigenvalue weighted by Gasteiger charge is 2.20. The Morgan fingerprint density at radius 2 is 1.82 bits per heavy atom. The summed E-state index contributed by atoms with van der Waals surface area (Å²) >= 11 is 0. The average molecular weight is 535 g/mol. The molecule has 2 heterocycles. The van der Waals surface area contributed by atoms with Crippen LogP contribution in [0.1, 0.15) is 18.4 Å². The van der Waals surface area contributed by atoms with Crippen molar-refractivity contribution in [2.45, 2.75) is 19.6 Å². The van der Waals surface area contributed by atoms with Crippen LogP contribution in [-0.2, 0) is 16.3 Å². The second-order valence-corrected chi connectivity index (χ2v) is 15.1. The number of hydrogen-bond acceptors (Lipinski definition) is 5. The number of methoxy groups -OCH3 is 1. The van der Waals surface area contributed by atoms with Crippen LogP contribution in [0.25, 0.3) is 33.4 Å². The van der Waals surface area contributed by atoms with E-state index < -0.39 is 10.0 Å². The lowest BCUT2D eigenvalue weighted by atomic mass is 9.95. The van der Waals surface area contributed by atoms with Gasteiger partial charge in [-0.3, -0.25) is 4.79 Å². The summed E-state index contributed by atoms with van der Waals surface area (Å²) in [6, 6.07) is 18.1. The number of carbonyl (C=O) groups is 1. The zero-order chi connectivity index (χ0) is 27.4. The standard InChI is InChI=1S/C30H38N4O3S/c1-21(30(35)33(2)3)22-11-10-12-23(17-22)24-18-26-28(25-13-8-9-14-27(25)36-4)32-34(29(26)31-19-24)20-37-15-16-38(5,6)7/h8-14,17-19,21H,15-16,20H2,1-7H3. The number of nitrogens with zero attached hydrogens (tertiary/aromatic N) is 4. The quantitative estimate of drug-likeness (QED) is 0.247. The molecule has 0 N–H and O–H groups in total. The second kappa shape index (κ2) is 11.6. The molecule has 38 heavy (non-hydrogen) atoms. The largest absolute Gasteiger partial charge is 0.496 e. The van der Waals surface area contributed by atoms with E-state index in [0.29, 0.717) is 13.3 Å². The Labute approximate surface area is 227 Å². The van der Waals surface area contributed by atoms with Gasteiger partial charge in [-0.05, 0) is 55.0 Å². The number of amides is 1. The Bertz CT molecular complexity index is 1420. The van der Waals surface area contributed by atoms with E-state index in [1.807, 2.05) is 60.3 Å². The summed E-state index contributed by atoms with van der Waals surface area (Å²) in [6.45, 7) is 2.94. The normalized spacial score (nSPS) is 12.9. The molecule has 0 saturated heterocycles. The first-order valence-corrected chi connectivity index (χ1v) is 15.7. The predicted octanol–water partition coefficient (Wildman–Crippen LogP) is 5.63. The SMILES string of the molecule is COc1ccccc1-c1nn(COCCS(C)(C)C)c2ncc(-c3cccc(C(C)C(=O)N(C)C)c3)cc12. The number of aromatic nitrogens is 3. The van der Waals surface area contributed by atoms with E-state index in [0.717, 1.165) is 50.5 Å². The van der Waals surface area contributed by atoms with Crippen LogP contribution in [0, 0.1) is 0 Å². The van der Waals surface area contributed by atoms with E-state index in [2.05, 4.69) is 30.9 Å². The lowest BCUT2D eigenvalue weighted by Crippen LogP contribution is -2.26. The summed E-state index contributed by atoms with van der Waals surface area (Å²) in [7, 11) is 4.60. The molecule has 0 saturated carbocycles. The van der Waals surface area contributed by atoms with Crippen LogP contribution in [0.3, 0.4) is 0 Å². The highest BCUT2D eigenvalue weighted by Crippen LogP contribution is 2.36. The fraction of sp³-hybridized carbons (Fsp3) is 0.367. The van der Waals surface area contributed by atoms with Crippen LogP contribution in [0.15, 0.2) is 60.8 Å². The van der Waals surface area contributed by atoms with Gasteiger partial charge in [0.15, 0.2) is 5.65 Å². The molecule has 0 aliphatic carbocycles. The Hall–Kier alpha value is -3.36. The van der Waals surface area contributed by atoms with Gasteiger partial charge in [-0.1, -0.05) is 36.4 Å². The maximum atomic E-state index is 12.6. The van der Waals surface area contributed by atoms with Gasteiger partial charge >= 0.3 is 0 Å². The van der Waals surface area contributed by atoms with Gasteiger partial charge in [-0.15, -0.1) is 0 Å². The van der Waals surface area contributed by atoms with Crippen molar-refractivity contribution in [3.05, 3.63) is 66.4 Å². The van der Waals surface area contributed by atoms with E-state index >= 15 is 0 Å². The molecule has 8 heteroatoms. The molecule has 4 rings (SSSR count). The Morgan fingerprint density at radius 3 is 2.53 bits per heavy atom. The number of fused-ring (bicyclic) bond motifs is 1. The molecule has 0 spiro atoms. The molecular formula is C30H38N4O3S. The number of ether oxygens (including phenoxy) is 2. The van der Waals surface area contributed by atoms with Gasteiger partial charge < -0.3 is 14.4 Å². The van der Waals surface area contributed by atoms with Crippen LogP contribution in [0.4, 0.5) is 0 Å². The average Bonchev–Trinajstić information content (AvgIpc) is 3.27. The van der Waals surface area contributed by atoms with Crippen molar-refractivity contribution in [2.24, 2.45) is 0 Å². The number of para-hydroxylation sites is 1. The van der Waals surface area contributed by atoms with Crippen molar-refractivity contribution in [1.82, 2.24) is 19.7 Å². The molecule has 0 aliphatic heterocycles. The van der Waals surface area contributed by atoms with Crippen molar-refractivity contribution in [3.8, 4) is 28.1 Å². The number of rotatable bonds is 10. The summed E-state index contributed by atoms with van der Waals surface area (Å²) in [6.07, 6.45) is 8.72. The van der Waals surface area contributed by atoms with Crippen molar-refractivity contribution in [3.63, 3.8) is 0 Å². The number of likely N-dealkylation sites (N-methyl/N-ethyl adjacent to an activating group) is 1. The third-order valence-electron chi connectivity index (χ3n) is 6.53. The van der Waals surface area contributed by atoms with E-state index in [9.17, 15) is 4.79 Å². The van der Waals surface area contributed by atoms with Gasteiger partial charge in [0.1, 0.15) is 18.2 Å². The first-order chi connectivity index (χ1) is 18.1. The molecule has 4 aromatic rings. The molecule has 2 aromatic heterocycles. The van der Waals surface area contributed by atoms with E-state index in [1.54, 1.807) is 26.1 Å². The van der Waals surface area contributed by atoms with Crippen LogP contribution >= 0.6 is 10.0 Å². The zero-order valence-electron chi connectivity index (χ0n) is 23.4. The molecule has 0 radical (unpaired) electrons. The van der Waals surface area contributed by atoms with Crippen LogP contribution in [0.5, 0.6) is 5.75 Å². The first kappa shape index (κ1) is 27.7. The molecule has 202 valence electrons. The fourth-order valence-corrected chi connectivity index (χ4v) is 4.94. The van der Waals surface area contributed by atoms with Crippen molar-refractivity contribution in [1.29, 1.82) is 0 Å². The molecule has 1 amide bonds. The second-order valence-electron chi connectivity index (χ2n) is 10.6. The van der Waals surface area contributed by atoms with E-state index in [1.165, 1.54) is 0 Å². The van der Waals surface area contributed by atoms with Crippen LogP contribution in [-0.4, -0.2) is 77.9 Å². The molecule has 1 unspecified atom stereocenters. The van der Waals surface area contributed by atoms with Gasteiger partial charge in [-0.25, -0.2) is 19.7 Å². The van der Waals surface area contributed by atoms with Gasteiger partial charge in [0.25, 0.3) is 0 Å². The van der Waals surface area contributed by atoms with E-state index in [4.69, 9.17) is 19.6 Å². The number of pyridine rings is 1. The summed E-state index contributed by atoms with van der Waals surface area (Å²) < 4.78 is 13.5. The third kappa shape index (κ3) is 6.19. The van der Waals surface area contributed by atoms with Gasteiger partial charge in [-0.2, -0.15) is 5.10 Å². The Balaban J connectivity index is 1.76. The van der Waals surface area contributed by atoms with Crippen molar-refractivity contribution >= 4 is 27.0 Å². The lowest BCUT2D eigenvalue weighted by molar-refractivity contribution is -0.129. The minimum absolute atomic E-state index is 0.0727. The summed E-state index contributed by atoms with van der Waals surface area (Å²) in [4.78, 5) is 19.0. The summed E-state index contributed by atoms with van der Waals surface area (Å²) in [5.41, 5.74) is 5.37. The number of hydrogen-bond donors (Lipinski definition) is 0. The maximum absolute atomic E-state index is 12.6. The third-order valence-corrected chi connectivity index (χ3v) is 7.93. The maximum Gasteiger partial charge on any atom is 0.229 e. The molecule has 7 nitrogen and oxygen atoms in total. The molecule has 1 atom stereocenters. The molecule has 2 aromatic carbocycles. The van der Waals surface area contributed by atoms with Gasteiger partial charge in [0.05, 0.1) is 19.6 Å². The highest BCUT2D eigenvalue weighted by atomic mass is 32.3. The molecular weight excluding hydrogens is 496 g/mol. The smallest absolute Gasteiger partial charge is 0.229 e. The zero-order valence-corrected chi connectivity index (χ0v) is 24.2. The Kier molecular flexibility index (Phi) is 8.43. The van der Waals surface area contributed by atoms with Crippen molar-refractivity contribution in [2.75, 3.05) is 52.3 Å². The van der Waals surface area contributed by atoms with Gasteiger partial charge in [0.2, 0.25) is 5.91 Å². The minimum Gasteiger partial charge on any atom is -0.496 e. The first-order valence-electron chi connectivity index (χ1n) is 12.6. The minimum atomic E-state index is -0.635. The molecule has 0 fully saturated rings. The highest BCUT2D eigenvalue weighted by molar-refractivity contribution is 8.32. The number of benzene rings is 2. The monoisotopic (exact) mass is 534 g/mol. The van der Waals surface area contributed by atoms with E-state index in [-0.39, 0.29) is 11.8 Å². The van der Waals surface area contributed by atoms with Crippen LogP contribution < -0.4 is 4.74 Å². The molecule has 0 bridgehead atoms. The van der Waals surface area contributed by atoms with Crippen molar-refractivity contribution < 1.29 is 14.3 Å². The van der Waals surface area contributed by atoms with Gasteiger partial charge in [0, 0.05) is 42.6 Å². The Morgan fingerprint density at radius 1 is 1.05 bits per heavy atom. The number of carbonyl (C=O) groups excluding carboxylic acids is 1. The van der Waals surface area contributed by atoms with Crippen LogP contribution in [0.2, 0.25) is 0 Å².